The molecule has 0 radical (unpaired) electrons. The minimum atomic E-state index is -0.327. The van der Waals surface area contributed by atoms with Crippen LogP contribution in [0.4, 0.5) is 5.82 Å². The number of fused-ring (bicyclic) bond motifs is 1. The molecule has 4 rings (SSSR count). The van der Waals surface area contributed by atoms with Crippen molar-refractivity contribution in [1.82, 2.24) is 14.8 Å². The summed E-state index contributed by atoms with van der Waals surface area (Å²) in [6, 6.07) is 16.9. The first-order valence-electron chi connectivity index (χ1n) is 9.32. The molecule has 30 heavy (non-hydrogen) atoms. The maximum absolute atomic E-state index is 12.8. The highest BCUT2D eigenvalue weighted by atomic mass is 16.5. The van der Waals surface area contributed by atoms with Crippen LogP contribution in [0.3, 0.4) is 0 Å². The van der Waals surface area contributed by atoms with E-state index in [9.17, 15) is 10.1 Å². The number of pyridine rings is 1. The number of carbonyl (C=O) groups excluding carboxylic acids is 1. The Morgan fingerprint density at radius 2 is 1.97 bits per heavy atom. The molecule has 0 aliphatic heterocycles. The third-order valence-corrected chi connectivity index (χ3v) is 4.83. The number of nitrogens with zero attached hydrogens (tertiary/aromatic N) is 4. The smallest absolute Gasteiger partial charge is 0.256 e. The van der Waals surface area contributed by atoms with Crippen molar-refractivity contribution in [3.63, 3.8) is 0 Å². The fourth-order valence-electron chi connectivity index (χ4n) is 3.34. The van der Waals surface area contributed by atoms with Crippen LogP contribution in [-0.4, -0.2) is 27.8 Å². The predicted octanol–water partition coefficient (Wildman–Crippen LogP) is 4.17. The highest BCUT2D eigenvalue weighted by Gasteiger charge is 2.18. The summed E-state index contributed by atoms with van der Waals surface area (Å²) >= 11 is 0. The Balaban J connectivity index is 1.82. The predicted molar refractivity (Wildman–Crippen MR) is 114 cm³/mol. The van der Waals surface area contributed by atoms with E-state index in [2.05, 4.69) is 16.5 Å². The Bertz CT molecular complexity index is 1320. The molecule has 0 atom stereocenters. The van der Waals surface area contributed by atoms with Gasteiger partial charge >= 0.3 is 0 Å². The molecule has 0 aliphatic carbocycles. The topological polar surface area (TPSA) is 92.8 Å². The Hall–Kier alpha value is -4.18. The second-order valence-corrected chi connectivity index (χ2v) is 6.91. The van der Waals surface area contributed by atoms with Crippen LogP contribution < -0.4 is 10.1 Å². The fourth-order valence-corrected chi connectivity index (χ4v) is 3.34. The van der Waals surface area contributed by atoms with E-state index < -0.39 is 0 Å². The van der Waals surface area contributed by atoms with Gasteiger partial charge in [0.1, 0.15) is 22.9 Å². The number of methoxy groups -OCH3 is 1. The number of nitrogens with one attached hydrogen (secondary N) is 1. The SMILES string of the molecule is COc1cccc2c(C)cc(-n3ncc(C#N)c3NC(=O)c3cccc(C)c3)nc12. The van der Waals surface area contributed by atoms with E-state index in [1.54, 1.807) is 19.2 Å². The van der Waals surface area contributed by atoms with Gasteiger partial charge in [-0.05, 0) is 43.7 Å². The van der Waals surface area contributed by atoms with Crippen LogP contribution in [0.15, 0.2) is 54.7 Å². The molecule has 2 heterocycles. The van der Waals surface area contributed by atoms with E-state index in [1.165, 1.54) is 10.9 Å². The summed E-state index contributed by atoms with van der Waals surface area (Å²) in [6.45, 7) is 3.88. The van der Waals surface area contributed by atoms with Crippen molar-refractivity contribution >= 4 is 22.6 Å². The van der Waals surface area contributed by atoms with Crippen molar-refractivity contribution in [1.29, 1.82) is 5.26 Å². The number of aromatic nitrogens is 3. The number of rotatable bonds is 4. The lowest BCUT2D eigenvalue weighted by molar-refractivity contribution is 0.102. The molecule has 0 bridgehead atoms. The first kappa shape index (κ1) is 19.2. The zero-order chi connectivity index (χ0) is 21.3. The Morgan fingerprint density at radius 1 is 1.17 bits per heavy atom. The van der Waals surface area contributed by atoms with Crippen molar-refractivity contribution < 1.29 is 9.53 Å². The fraction of sp³-hybridized carbons (Fsp3) is 0.130. The Labute approximate surface area is 173 Å². The summed E-state index contributed by atoms with van der Waals surface area (Å²) in [5.74, 6) is 1.05. The molecule has 0 spiro atoms. The number of benzene rings is 2. The van der Waals surface area contributed by atoms with Gasteiger partial charge in [0.2, 0.25) is 0 Å². The van der Waals surface area contributed by atoms with Gasteiger partial charge < -0.3 is 10.1 Å². The minimum absolute atomic E-state index is 0.246. The molecule has 0 fully saturated rings. The van der Waals surface area contributed by atoms with Gasteiger partial charge in [-0.1, -0.05) is 29.8 Å². The van der Waals surface area contributed by atoms with Gasteiger partial charge in [-0.15, -0.1) is 0 Å². The van der Waals surface area contributed by atoms with Crippen molar-refractivity contribution in [3.05, 3.63) is 77.0 Å². The molecule has 1 amide bonds. The first-order valence-corrected chi connectivity index (χ1v) is 9.32. The number of ether oxygens (including phenoxy) is 1. The van der Waals surface area contributed by atoms with Gasteiger partial charge in [-0.25, -0.2) is 4.98 Å². The number of para-hydroxylation sites is 1. The van der Waals surface area contributed by atoms with E-state index in [-0.39, 0.29) is 17.3 Å². The Kier molecular flexibility index (Phi) is 4.90. The van der Waals surface area contributed by atoms with Gasteiger partial charge in [0.05, 0.1) is 13.3 Å². The number of nitriles is 1. The molecule has 148 valence electrons. The summed E-state index contributed by atoms with van der Waals surface area (Å²) in [6.07, 6.45) is 1.41. The van der Waals surface area contributed by atoms with Crippen LogP contribution in [0.1, 0.15) is 27.0 Å². The van der Waals surface area contributed by atoms with E-state index in [4.69, 9.17) is 9.72 Å². The van der Waals surface area contributed by atoms with Crippen LogP contribution in [-0.2, 0) is 0 Å². The number of hydrogen-bond donors (Lipinski definition) is 1. The maximum atomic E-state index is 12.8. The molecule has 7 heteroatoms. The highest BCUT2D eigenvalue weighted by molar-refractivity contribution is 6.04. The molecule has 0 saturated heterocycles. The van der Waals surface area contributed by atoms with Crippen molar-refractivity contribution in [3.8, 4) is 17.6 Å². The Morgan fingerprint density at radius 3 is 2.70 bits per heavy atom. The standard InChI is InChI=1S/C23H19N5O2/c1-14-6-4-7-16(10-14)23(29)27-22-17(12-24)13-25-28(22)20-11-15(2)18-8-5-9-19(30-3)21(18)26-20/h4-11,13H,1-3H3,(H,27,29). The number of hydrogen-bond acceptors (Lipinski definition) is 5. The van der Waals surface area contributed by atoms with Crippen molar-refractivity contribution in [2.24, 2.45) is 0 Å². The molecule has 0 saturated carbocycles. The van der Waals surface area contributed by atoms with Gasteiger partial charge in [0.25, 0.3) is 5.91 Å². The summed E-state index contributed by atoms with van der Waals surface area (Å²) in [5, 5.41) is 17.6. The molecule has 0 unspecified atom stereocenters. The molecule has 0 aliphatic rings. The van der Waals surface area contributed by atoms with Crippen molar-refractivity contribution in [2.45, 2.75) is 13.8 Å². The number of carbonyl (C=O) groups is 1. The summed E-state index contributed by atoms with van der Waals surface area (Å²) in [7, 11) is 1.59. The third-order valence-electron chi connectivity index (χ3n) is 4.83. The summed E-state index contributed by atoms with van der Waals surface area (Å²) in [5.41, 5.74) is 3.36. The lowest BCUT2D eigenvalue weighted by Crippen LogP contribution is -2.16. The highest BCUT2D eigenvalue weighted by Crippen LogP contribution is 2.29. The average molecular weight is 397 g/mol. The van der Waals surface area contributed by atoms with E-state index in [1.807, 2.05) is 50.2 Å². The van der Waals surface area contributed by atoms with Gasteiger partial charge in [0, 0.05) is 10.9 Å². The average Bonchev–Trinajstić information content (AvgIpc) is 3.15. The van der Waals surface area contributed by atoms with Crippen LogP contribution >= 0.6 is 0 Å². The minimum Gasteiger partial charge on any atom is -0.494 e. The quantitative estimate of drug-likeness (QED) is 0.558. The maximum Gasteiger partial charge on any atom is 0.256 e. The molecule has 1 N–H and O–H groups in total. The number of aryl methyl sites for hydroxylation is 2. The van der Waals surface area contributed by atoms with Gasteiger partial charge in [-0.3, -0.25) is 4.79 Å². The molecule has 4 aromatic rings. The normalized spacial score (nSPS) is 10.6. The summed E-state index contributed by atoms with van der Waals surface area (Å²) < 4.78 is 6.91. The van der Waals surface area contributed by atoms with Crippen LogP contribution in [0.5, 0.6) is 5.75 Å². The zero-order valence-corrected chi connectivity index (χ0v) is 16.8. The molecule has 2 aromatic heterocycles. The monoisotopic (exact) mass is 397 g/mol. The van der Waals surface area contributed by atoms with Crippen molar-refractivity contribution in [2.75, 3.05) is 12.4 Å². The van der Waals surface area contributed by atoms with E-state index in [0.717, 1.165) is 16.5 Å². The van der Waals surface area contributed by atoms with Crippen LogP contribution in [0, 0.1) is 25.2 Å². The second kappa shape index (κ2) is 7.68. The molecular formula is C23H19N5O2. The largest absolute Gasteiger partial charge is 0.494 e. The summed E-state index contributed by atoms with van der Waals surface area (Å²) in [4.78, 5) is 17.5. The molecular weight excluding hydrogens is 378 g/mol. The van der Waals surface area contributed by atoms with Crippen LogP contribution in [0.25, 0.3) is 16.7 Å². The third kappa shape index (κ3) is 3.35. The zero-order valence-electron chi connectivity index (χ0n) is 16.8. The number of anilines is 1. The van der Waals surface area contributed by atoms with Crippen LogP contribution in [0.2, 0.25) is 0 Å². The second-order valence-electron chi connectivity index (χ2n) is 6.91. The van der Waals surface area contributed by atoms with Gasteiger partial charge in [-0.2, -0.15) is 15.0 Å². The molecule has 7 nitrogen and oxygen atoms in total. The lowest BCUT2D eigenvalue weighted by atomic mass is 10.1. The van der Waals surface area contributed by atoms with E-state index in [0.29, 0.717) is 22.6 Å². The van der Waals surface area contributed by atoms with Gasteiger partial charge in [0.15, 0.2) is 11.6 Å². The first-order chi connectivity index (χ1) is 14.5. The number of amides is 1. The lowest BCUT2D eigenvalue weighted by Gasteiger charge is -2.12. The van der Waals surface area contributed by atoms with E-state index >= 15 is 0 Å². The molecule has 2 aromatic carbocycles.